The molecule has 9 heteroatoms. The van der Waals surface area contributed by atoms with Crippen LogP contribution >= 0.6 is 11.3 Å². The number of aliphatic hydroxyl groups is 1. The Kier molecular flexibility index (Phi) is 6.40. The molecule has 0 radical (unpaired) electrons. The number of thiophene rings is 1. The van der Waals surface area contributed by atoms with Crippen LogP contribution in [0.5, 0.6) is 0 Å². The largest absolute Gasteiger partial charge is 0.387 e. The predicted molar refractivity (Wildman–Crippen MR) is 89.8 cm³/mol. The molecule has 1 atom stereocenters. The Hall–Kier alpha value is -1.16. The molecular formula is C14H23N3O4S2. The summed E-state index contributed by atoms with van der Waals surface area (Å²) < 4.78 is 24.8. The second kappa shape index (κ2) is 8.09. The van der Waals surface area contributed by atoms with Crippen LogP contribution in [-0.2, 0) is 10.0 Å². The molecule has 1 fully saturated rings. The molecule has 0 aromatic carbocycles. The molecule has 0 bridgehead atoms. The van der Waals surface area contributed by atoms with Crippen molar-refractivity contribution in [2.24, 2.45) is 5.92 Å². The van der Waals surface area contributed by atoms with Crippen LogP contribution in [0.2, 0.25) is 0 Å². The highest BCUT2D eigenvalue weighted by molar-refractivity contribution is 7.89. The molecule has 2 amide bonds. The highest BCUT2D eigenvalue weighted by Crippen LogP contribution is 2.32. The number of rotatable bonds is 6. The van der Waals surface area contributed by atoms with E-state index in [4.69, 9.17) is 0 Å². The van der Waals surface area contributed by atoms with Gasteiger partial charge in [0.2, 0.25) is 10.0 Å². The number of carbonyl (C=O) groups excluding carboxylic acids is 1. The summed E-state index contributed by atoms with van der Waals surface area (Å²) in [5.41, 5.74) is 0. The molecule has 7 nitrogen and oxygen atoms in total. The van der Waals surface area contributed by atoms with Crippen LogP contribution in [0.1, 0.15) is 23.8 Å². The number of likely N-dealkylation sites (tertiary alicyclic amines) is 1. The Bertz CT molecular complexity index is 596. The first kappa shape index (κ1) is 18.2. The van der Waals surface area contributed by atoms with Crippen molar-refractivity contribution in [1.29, 1.82) is 0 Å². The number of aliphatic hydroxyl groups excluding tert-OH is 1. The molecule has 0 aliphatic carbocycles. The number of hydrogen-bond acceptors (Lipinski definition) is 5. The van der Waals surface area contributed by atoms with Crippen LogP contribution in [0.15, 0.2) is 17.5 Å². The van der Waals surface area contributed by atoms with E-state index in [9.17, 15) is 18.3 Å². The van der Waals surface area contributed by atoms with E-state index < -0.39 is 16.1 Å². The maximum absolute atomic E-state index is 12.0. The third kappa shape index (κ3) is 5.17. The third-order valence-electron chi connectivity index (χ3n) is 4.07. The third-order valence-corrected chi connectivity index (χ3v) is 6.37. The molecule has 130 valence electrons. The Balaban J connectivity index is 1.74. The number of piperidine rings is 1. The molecule has 1 aliphatic rings. The highest BCUT2D eigenvalue weighted by Gasteiger charge is 2.28. The van der Waals surface area contributed by atoms with Crippen LogP contribution in [0.3, 0.4) is 0 Å². The van der Waals surface area contributed by atoms with E-state index >= 15 is 0 Å². The molecule has 1 unspecified atom stereocenters. The van der Waals surface area contributed by atoms with Gasteiger partial charge in [-0.05, 0) is 37.3 Å². The van der Waals surface area contributed by atoms with Crippen molar-refractivity contribution in [1.82, 2.24) is 14.9 Å². The van der Waals surface area contributed by atoms with Gasteiger partial charge >= 0.3 is 6.03 Å². The topological polar surface area (TPSA) is 98.7 Å². The number of amides is 2. The van der Waals surface area contributed by atoms with E-state index in [1.54, 1.807) is 16.2 Å². The van der Waals surface area contributed by atoms with Gasteiger partial charge in [-0.25, -0.2) is 17.9 Å². The minimum Gasteiger partial charge on any atom is -0.387 e. The summed E-state index contributed by atoms with van der Waals surface area (Å²) in [6.07, 6.45) is 1.00. The smallest absolute Gasteiger partial charge is 0.317 e. The van der Waals surface area contributed by atoms with Crippen LogP contribution in [-0.4, -0.2) is 56.9 Å². The minimum atomic E-state index is -3.31. The molecule has 3 N–H and O–H groups in total. The van der Waals surface area contributed by atoms with Crippen molar-refractivity contribution in [3.05, 3.63) is 22.4 Å². The van der Waals surface area contributed by atoms with Crippen molar-refractivity contribution in [2.45, 2.75) is 18.9 Å². The predicted octanol–water partition coefficient (Wildman–Crippen LogP) is 0.752. The summed E-state index contributed by atoms with van der Waals surface area (Å²) in [4.78, 5) is 14.7. The molecule has 1 aromatic rings. The number of carbonyl (C=O) groups is 1. The van der Waals surface area contributed by atoms with Crippen molar-refractivity contribution in [2.75, 3.05) is 32.4 Å². The van der Waals surface area contributed by atoms with Gasteiger partial charge in [0.25, 0.3) is 0 Å². The lowest BCUT2D eigenvalue weighted by Gasteiger charge is -2.34. The maximum Gasteiger partial charge on any atom is 0.317 e. The van der Waals surface area contributed by atoms with Gasteiger partial charge in [-0.1, -0.05) is 6.07 Å². The fourth-order valence-corrected chi connectivity index (χ4v) is 3.99. The summed E-state index contributed by atoms with van der Waals surface area (Å²) in [5.74, 6) is 0.0189. The Morgan fingerprint density at radius 3 is 2.74 bits per heavy atom. The number of nitrogens with zero attached hydrogens (tertiary/aromatic N) is 1. The normalized spacial score (nSPS) is 17.9. The highest BCUT2D eigenvalue weighted by atomic mass is 32.2. The summed E-state index contributed by atoms with van der Waals surface area (Å²) in [7, 11) is -1.96. The quantitative estimate of drug-likeness (QED) is 0.696. The van der Waals surface area contributed by atoms with E-state index in [2.05, 4.69) is 10.0 Å². The van der Waals surface area contributed by atoms with Crippen molar-refractivity contribution in [3.63, 3.8) is 0 Å². The van der Waals surface area contributed by atoms with Gasteiger partial charge in [-0.15, -0.1) is 11.3 Å². The number of sulfonamides is 1. The van der Waals surface area contributed by atoms with Crippen LogP contribution in [0, 0.1) is 5.92 Å². The summed E-state index contributed by atoms with van der Waals surface area (Å²) in [6.45, 7) is 1.22. The van der Waals surface area contributed by atoms with Gasteiger partial charge in [-0.2, -0.15) is 0 Å². The molecule has 0 saturated carbocycles. The SMILES string of the molecule is CNS(=O)(=O)CCNC(=O)N1CCC(C(O)c2cccs2)CC1. The van der Waals surface area contributed by atoms with Gasteiger partial charge in [0.05, 0.1) is 11.9 Å². The molecule has 1 saturated heterocycles. The minimum absolute atomic E-state index is 0.0831. The van der Waals surface area contributed by atoms with Crippen molar-refractivity contribution < 1.29 is 18.3 Å². The van der Waals surface area contributed by atoms with E-state index in [1.807, 2.05) is 17.5 Å². The summed E-state index contributed by atoms with van der Waals surface area (Å²) in [5, 5.41) is 14.9. The Morgan fingerprint density at radius 2 is 2.17 bits per heavy atom. The standard InChI is InChI=1S/C14H23N3O4S2/c1-15-23(20,21)10-6-16-14(19)17-7-4-11(5-8-17)13(18)12-3-2-9-22-12/h2-3,9,11,13,15,18H,4-8,10H2,1H3,(H,16,19). The van der Waals surface area contributed by atoms with Gasteiger partial charge in [0, 0.05) is 24.5 Å². The van der Waals surface area contributed by atoms with Crippen LogP contribution < -0.4 is 10.0 Å². The first-order chi connectivity index (χ1) is 10.9. The van der Waals surface area contributed by atoms with Gasteiger partial charge in [-0.3, -0.25) is 0 Å². The van der Waals surface area contributed by atoms with E-state index in [0.29, 0.717) is 13.1 Å². The summed E-state index contributed by atoms with van der Waals surface area (Å²) in [6, 6.07) is 3.60. The fraction of sp³-hybridized carbons (Fsp3) is 0.643. The zero-order chi connectivity index (χ0) is 16.9. The van der Waals surface area contributed by atoms with Gasteiger partial charge in [0.15, 0.2) is 0 Å². The molecular weight excluding hydrogens is 338 g/mol. The Labute approximate surface area is 140 Å². The number of nitrogens with one attached hydrogen (secondary N) is 2. The van der Waals surface area contributed by atoms with Crippen LogP contribution in [0.4, 0.5) is 4.79 Å². The second-order valence-corrected chi connectivity index (χ2v) is 8.56. The molecule has 2 heterocycles. The summed E-state index contributed by atoms with van der Waals surface area (Å²) >= 11 is 1.54. The molecule has 0 spiro atoms. The zero-order valence-corrected chi connectivity index (χ0v) is 14.7. The van der Waals surface area contributed by atoms with Crippen molar-refractivity contribution >= 4 is 27.4 Å². The zero-order valence-electron chi connectivity index (χ0n) is 13.1. The Morgan fingerprint density at radius 1 is 1.48 bits per heavy atom. The number of urea groups is 1. The molecule has 1 aliphatic heterocycles. The number of hydrogen-bond donors (Lipinski definition) is 3. The van der Waals surface area contributed by atoms with Crippen molar-refractivity contribution in [3.8, 4) is 0 Å². The average molecular weight is 361 g/mol. The van der Waals surface area contributed by atoms with E-state index in [-0.39, 0.29) is 24.2 Å². The lowest BCUT2D eigenvalue weighted by atomic mass is 9.90. The lowest BCUT2D eigenvalue weighted by Crippen LogP contribution is -2.46. The van der Waals surface area contributed by atoms with E-state index in [1.165, 1.54) is 7.05 Å². The molecule has 23 heavy (non-hydrogen) atoms. The maximum atomic E-state index is 12.0. The monoisotopic (exact) mass is 361 g/mol. The second-order valence-electron chi connectivity index (χ2n) is 5.54. The fourth-order valence-electron chi connectivity index (χ4n) is 2.62. The first-order valence-corrected chi connectivity index (χ1v) is 10.1. The average Bonchev–Trinajstić information content (AvgIpc) is 3.08. The van der Waals surface area contributed by atoms with Crippen LogP contribution in [0.25, 0.3) is 0 Å². The van der Waals surface area contributed by atoms with Gasteiger partial charge in [0.1, 0.15) is 0 Å². The van der Waals surface area contributed by atoms with Gasteiger partial charge < -0.3 is 15.3 Å². The lowest BCUT2D eigenvalue weighted by molar-refractivity contribution is 0.0691. The van der Waals surface area contributed by atoms with E-state index in [0.717, 1.165) is 17.7 Å². The molecule has 2 rings (SSSR count). The molecule has 1 aromatic heterocycles. The first-order valence-electron chi connectivity index (χ1n) is 7.58.